The number of halogens is 2. The molecule has 3 aromatic heterocycles. The van der Waals surface area contributed by atoms with Gasteiger partial charge in [0, 0.05) is 44.3 Å². The third kappa shape index (κ3) is 5.41. The first kappa shape index (κ1) is 31.1. The summed E-state index contributed by atoms with van der Waals surface area (Å²) in [5, 5.41) is 10.7. The van der Waals surface area contributed by atoms with Crippen molar-refractivity contribution in [1.82, 2.24) is 24.4 Å². The molecular formula is C30H30ClFN6O5S. The molecule has 44 heavy (non-hydrogen) atoms. The molecule has 1 N–H and O–H groups in total. The van der Waals surface area contributed by atoms with E-state index in [4.69, 9.17) is 11.6 Å². The van der Waals surface area contributed by atoms with Crippen LogP contribution in [-0.2, 0) is 14.6 Å². The zero-order chi connectivity index (χ0) is 32.1. The predicted octanol–water partition coefficient (Wildman–Crippen LogP) is 4.09. The van der Waals surface area contributed by atoms with E-state index in [1.807, 2.05) is 20.8 Å². The lowest BCUT2D eigenvalue weighted by Gasteiger charge is -2.40. The monoisotopic (exact) mass is 640 g/mol. The highest BCUT2D eigenvalue weighted by molar-refractivity contribution is 7.90. The van der Waals surface area contributed by atoms with Gasteiger partial charge in [0.05, 0.1) is 21.7 Å². The van der Waals surface area contributed by atoms with Gasteiger partial charge >= 0.3 is 5.69 Å². The van der Waals surface area contributed by atoms with E-state index in [1.54, 1.807) is 9.80 Å². The lowest BCUT2D eigenvalue weighted by molar-refractivity contribution is -0.126. The fourth-order valence-corrected chi connectivity index (χ4v) is 6.50. The number of aromatic nitrogens is 4. The molecule has 1 aliphatic rings. The molecule has 1 fully saturated rings. The summed E-state index contributed by atoms with van der Waals surface area (Å²) in [6.07, 6.45) is 4.83. The Morgan fingerprint density at radius 3 is 2.57 bits per heavy atom. The highest BCUT2D eigenvalue weighted by Crippen LogP contribution is 2.39. The Morgan fingerprint density at radius 2 is 1.95 bits per heavy atom. The number of rotatable bonds is 6. The third-order valence-electron chi connectivity index (χ3n) is 7.57. The number of sulfone groups is 1. The second kappa shape index (κ2) is 11.6. The zero-order valence-electron chi connectivity index (χ0n) is 24.5. The molecule has 0 saturated carbocycles. The van der Waals surface area contributed by atoms with Gasteiger partial charge in [-0.15, -0.1) is 0 Å². The predicted molar refractivity (Wildman–Crippen MR) is 166 cm³/mol. The van der Waals surface area contributed by atoms with Crippen LogP contribution in [0.5, 0.6) is 5.75 Å². The second-order valence-electron chi connectivity index (χ2n) is 10.9. The molecule has 5 rings (SSSR count). The standard InChI is InChI=1S/C30H30ClFN6O5S/c1-6-24(40)36-10-11-37(17(4)15-36)28-18-12-21(32)26(25-20(31)8-7-9-22(25)39)34-29(18)38(30(41)35-28)27-19(16(2)3)13-33-14-23(27)44(5,42)43/h6-9,12-14,16-17,39H,1,10-11,15H2,2-5H3/t17-/m0/s1. The van der Waals surface area contributed by atoms with E-state index in [2.05, 4.69) is 21.5 Å². The number of aromatic hydroxyl groups is 1. The van der Waals surface area contributed by atoms with Gasteiger partial charge in [0.2, 0.25) is 5.91 Å². The molecule has 230 valence electrons. The molecule has 0 radical (unpaired) electrons. The second-order valence-corrected chi connectivity index (χ2v) is 13.3. The summed E-state index contributed by atoms with van der Waals surface area (Å²) in [6, 6.07) is 5.07. The Morgan fingerprint density at radius 1 is 1.23 bits per heavy atom. The highest BCUT2D eigenvalue weighted by atomic mass is 35.5. The smallest absolute Gasteiger partial charge is 0.355 e. The van der Waals surface area contributed by atoms with Gasteiger partial charge in [-0.25, -0.2) is 27.2 Å². The normalized spacial score (nSPS) is 15.7. The van der Waals surface area contributed by atoms with Crippen molar-refractivity contribution >= 4 is 44.2 Å². The van der Waals surface area contributed by atoms with Crippen molar-refractivity contribution in [1.29, 1.82) is 0 Å². The summed E-state index contributed by atoms with van der Waals surface area (Å²) in [7, 11) is -3.93. The summed E-state index contributed by atoms with van der Waals surface area (Å²) in [4.78, 5) is 42.5. The number of phenols is 1. The van der Waals surface area contributed by atoms with Gasteiger partial charge in [-0.1, -0.05) is 38.1 Å². The van der Waals surface area contributed by atoms with Crippen LogP contribution in [0.15, 0.2) is 59.0 Å². The van der Waals surface area contributed by atoms with Crippen LogP contribution in [0.25, 0.3) is 28.0 Å². The van der Waals surface area contributed by atoms with E-state index in [1.165, 1.54) is 30.5 Å². The Bertz CT molecular complexity index is 1980. The molecule has 4 heterocycles. The fourth-order valence-electron chi connectivity index (χ4n) is 5.43. The van der Waals surface area contributed by atoms with E-state index < -0.39 is 21.3 Å². The van der Waals surface area contributed by atoms with Crippen LogP contribution in [0.4, 0.5) is 10.2 Å². The summed E-state index contributed by atoms with van der Waals surface area (Å²) < 4.78 is 43.0. The van der Waals surface area contributed by atoms with Crippen LogP contribution in [0.1, 0.15) is 32.3 Å². The Kier molecular flexibility index (Phi) is 8.21. The number of anilines is 1. The lowest BCUT2D eigenvalue weighted by Crippen LogP contribution is -2.54. The number of hydrogen-bond donors (Lipinski definition) is 1. The minimum Gasteiger partial charge on any atom is -0.507 e. The van der Waals surface area contributed by atoms with E-state index >= 15 is 4.39 Å². The van der Waals surface area contributed by atoms with Crippen LogP contribution < -0.4 is 10.6 Å². The molecule has 0 aliphatic carbocycles. The molecule has 4 aromatic rings. The Labute approximate surface area is 258 Å². The Balaban J connectivity index is 1.90. The van der Waals surface area contributed by atoms with Crippen molar-refractivity contribution in [2.24, 2.45) is 0 Å². The number of nitrogens with zero attached hydrogens (tertiary/aromatic N) is 6. The number of benzene rings is 1. The first-order valence-electron chi connectivity index (χ1n) is 13.7. The molecule has 1 saturated heterocycles. The number of pyridine rings is 2. The fraction of sp³-hybridized carbons (Fsp3) is 0.300. The molecular weight excluding hydrogens is 611 g/mol. The van der Waals surface area contributed by atoms with Crippen LogP contribution in [0, 0.1) is 5.82 Å². The summed E-state index contributed by atoms with van der Waals surface area (Å²) >= 11 is 6.37. The van der Waals surface area contributed by atoms with E-state index in [9.17, 15) is 23.1 Å². The molecule has 0 spiro atoms. The van der Waals surface area contributed by atoms with Gasteiger partial charge in [-0.2, -0.15) is 4.98 Å². The number of fused-ring (bicyclic) bond motifs is 1. The van der Waals surface area contributed by atoms with Crippen molar-refractivity contribution in [2.45, 2.75) is 37.6 Å². The minimum atomic E-state index is -3.93. The SMILES string of the molecule is C=CC(=O)N1CCN(c2nc(=O)n(-c3c(C(C)C)cncc3S(C)(=O)=O)c3nc(-c4c(O)cccc4Cl)c(F)cc23)[C@@H](C)C1. The number of hydrogen-bond acceptors (Lipinski definition) is 9. The summed E-state index contributed by atoms with van der Waals surface area (Å²) in [5.74, 6) is -1.62. The maximum absolute atomic E-state index is 16.0. The first-order valence-corrected chi connectivity index (χ1v) is 16.0. The highest BCUT2D eigenvalue weighted by Gasteiger charge is 2.32. The lowest BCUT2D eigenvalue weighted by atomic mass is 10.0. The maximum Gasteiger partial charge on any atom is 0.355 e. The maximum atomic E-state index is 16.0. The van der Waals surface area contributed by atoms with Gasteiger partial charge in [0.25, 0.3) is 0 Å². The molecule has 1 amide bonds. The molecule has 1 aliphatic heterocycles. The number of amides is 1. The van der Waals surface area contributed by atoms with Crippen LogP contribution in [-0.4, -0.2) is 75.8 Å². The van der Waals surface area contributed by atoms with Crippen molar-refractivity contribution in [2.75, 3.05) is 30.8 Å². The molecule has 11 nitrogen and oxygen atoms in total. The van der Waals surface area contributed by atoms with Gasteiger partial charge in [-0.05, 0) is 42.7 Å². The van der Waals surface area contributed by atoms with E-state index in [0.717, 1.165) is 23.1 Å². The molecule has 14 heteroatoms. The minimum absolute atomic E-state index is 0.00515. The zero-order valence-corrected chi connectivity index (χ0v) is 26.0. The van der Waals surface area contributed by atoms with E-state index in [-0.39, 0.29) is 73.9 Å². The molecule has 0 unspecified atom stereocenters. The first-order chi connectivity index (χ1) is 20.7. The van der Waals surface area contributed by atoms with Crippen LogP contribution in [0.2, 0.25) is 5.02 Å². The largest absolute Gasteiger partial charge is 0.507 e. The average molecular weight is 641 g/mol. The topological polar surface area (TPSA) is 139 Å². The Hall–Kier alpha value is -4.36. The number of carbonyl (C=O) groups excluding carboxylic acids is 1. The quantitative estimate of drug-likeness (QED) is 0.309. The molecule has 1 atom stereocenters. The van der Waals surface area contributed by atoms with Crippen molar-refractivity contribution in [3.8, 4) is 22.7 Å². The van der Waals surface area contributed by atoms with Crippen molar-refractivity contribution in [3.63, 3.8) is 0 Å². The van der Waals surface area contributed by atoms with Gasteiger partial charge < -0.3 is 14.9 Å². The van der Waals surface area contributed by atoms with Crippen LogP contribution in [0.3, 0.4) is 0 Å². The van der Waals surface area contributed by atoms with Gasteiger partial charge in [0.15, 0.2) is 21.3 Å². The number of carbonyl (C=O) groups is 1. The average Bonchev–Trinajstić information content (AvgIpc) is 2.96. The third-order valence-corrected chi connectivity index (χ3v) is 8.99. The number of piperazine rings is 1. The summed E-state index contributed by atoms with van der Waals surface area (Å²) in [6.45, 7) is 9.86. The van der Waals surface area contributed by atoms with Gasteiger partial charge in [0.1, 0.15) is 22.2 Å². The van der Waals surface area contributed by atoms with Gasteiger partial charge in [-0.3, -0.25) is 9.78 Å². The van der Waals surface area contributed by atoms with Crippen molar-refractivity contribution in [3.05, 3.63) is 76.2 Å². The molecule has 1 aromatic carbocycles. The number of phenolic OH excluding ortho intramolecular Hbond substituents is 1. The van der Waals surface area contributed by atoms with Crippen molar-refractivity contribution < 1.29 is 22.7 Å². The molecule has 0 bridgehead atoms. The van der Waals surface area contributed by atoms with Crippen LogP contribution >= 0.6 is 11.6 Å². The van der Waals surface area contributed by atoms with E-state index in [0.29, 0.717) is 18.7 Å². The summed E-state index contributed by atoms with van der Waals surface area (Å²) in [5.41, 5.74) is -1.00.